The highest BCUT2D eigenvalue weighted by Gasteiger charge is 2.08. The number of benzene rings is 1. The van der Waals surface area contributed by atoms with Crippen LogP contribution in [0, 0.1) is 11.3 Å². The Morgan fingerprint density at radius 3 is 3.00 bits per heavy atom. The molecule has 1 rings (SSSR count). The molecule has 0 radical (unpaired) electrons. The molecular weight excluding hydrogens is 260 g/mol. The van der Waals surface area contributed by atoms with Crippen LogP contribution in [0.5, 0.6) is 5.75 Å². The largest absolute Gasteiger partial charge is 0.412 e. The number of carbonyl (C=O) groups excluding carboxylic acids is 1. The topological polar surface area (TPSA) is 62.1 Å². The molecule has 0 unspecified atom stereocenters. The molecule has 15 heavy (non-hydrogen) atoms. The molecule has 4 nitrogen and oxygen atoms in total. The van der Waals surface area contributed by atoms with Gasteiger partial charge in [0, 0.05) is 11.0 Å². The molecule has 1 amide bonds. The summed E-state index contributed by atoms with van der Waals surface area (Å²) in [5, 5.41) is 11.3. The fourth-order valence-electron chi connectivity index (χ4n) is 0.959. The first-order chi connectivity index (χ1) is 7.17. The zero-order valence-corrected chi connectivity index (χ0v) is 9.67. The van der Waals surface area contributed by atoms with Crippen LogP contribution in [0.25, 0.3) is 0 Å². The first kappa shape index (κ1) is 11.5. The number of nitrogens with one attached hydrogen (secondary N) is 1. The van der Waals surface area contributed by atoms with Gasteiger partial charge in [-0.3, -0.25) is 0 Å². The molecule has 0 bridgehead atoms. The summed E-state index contributed by atoms with van der Waals surface area (Å²) in [6.45, 7) is 2.27. The lowest BCUT2D eigenvalue weighted by Gasteiger charge is -2.06. The van der Waals surface area contributed by atoms with Gasteiger partial charge in [-0.1, -0.05) is 15.9 Å². The van der Waals surface area contributed by atoms with Crippen LogP contribution in [-0.4, -0.2) is 12.6 Å². The van der Waals surface area contributed by atoms with E-state index in [9.17, 15) is 4.79 Å². The molecule has 0 atom stereocenters. The number of halogens is 1. The first-order valence-electron chi connectivity index (χ1n) is 4.32. The van der Waals surface area contributed by atoms with Crippen molar-refractivity contribution >= 4 is 22.0 Å². The predicted octanol–water partition coefficient (Wildman–Crippen LogP) is 2.43. The Hall–Kier alpha value is -1.54. The highest BCUT2D eigenvalue weighted by Crippen LogP contribution is 2.22. The van der Waals surface area contributed by atoms with E-state index >= 15 is 0 Å². The van der Waals surface area contributed by atoms with Crippen LogP contribution in [-0.2, 0) is 0 Å². The second-order valence-corrected chi connectivity index (χ2v) is 3.59. The maximum absolute atomic E-state index is 11.1. The van der Waals surface area contributed by atoms with Crippen molar-refractivity contribution in [3.05, 3.63) is 28.2 Å². The third-order valence-corrected chi connectivity index (χ3v) is 2.08. The maximum Gasteiger partial charge on any atom is 0.412 e. The molecule has 1 aromatic rings. The number of hydrogen-bond acceptors (Lipinski definition) is 3. The maximum atomic E-state index is 11.1. The zero-order chi connectivity index (χ0) is 11.3. The minimum atomic E-state index is -0.559. The van der Waals surface area contributed by atoms with Crippen molar-refractivity contribution in [3.8, 4) is 11.8 Å². The quantitative estimate of drug-likeness (QED) is 0.896. The van der Waals surface area contributed by atoms with Gasteiger partial charge in [-0.2, -0.15) is 5.26 Å². The highest BCUT2D eigenvalue weighted by atomic mass is 79.9. The Morgan fingerprint density at radius 1 is 1.67 bits per heavy atom. The van der Waals surface area contributed by atoms with Gasteiger partial charge >= 0.3 is 6.09 Å². The lowest BCUT2D eigenvalue weighted by Crippen LogP contribution is -2.26. The minimum absolute atomic E-state index is 0.256. The van der Waals surface area contributed by atoms with E-state index < -0.39 is 6.09 Å². The van der Waals surface area contributed by atoms with Gasteiger partial charge in [-0.25, -0.2) is 4.79 Å². The fraction of sp³-hybridized carbons (Fsp3) is 0.200. The molecule has 5 heteroatoms. The minimum Gasteiger partial charge on any atom is -0.409 e. The highest BCUT2D eigenvalue weighted by molar-refractivity contribution is 9.10. The molecule has 0 heterocycles. The molecule has 0 spiro atoms. The lowest BCUT2D eigenvalue weighted by molar-refractivity contribution is 0.201. The first-order valence-corrected chi connectivity index (χ1v) is 5.12. The van der Waals surface area contributed by atoms with Crippen molar-refractivity contribution in [2.75, 3.05) is 6.54 Å². The van der Waals surface area contributed by atoms with Gasteiger partial charge in [0.25, 0.3) is 0 Å². The van der Waals surface area contributed by atoms with Gasteiger partial charge in [0.1, 0.15) is 6.07 Å². The van der Waals surface area contributed by atoms with E-state index in [1.807, 2.05) is 6.07 Å². The monoisotopic (exact) mass is 268 g/mol. The van der Waals surface area contributed by atoms with Crippen molar-refractivity contribution in [1.82, 2.24) is 5.32 Å². The van der Waals surface area contributed by atoms with Crippen molar-refractivity contribution in [2.24, 2.45) is 0 Å². The number of ether oxygens (including phenoxy) is 1. The van der Waals surface area contributed by atoms with E-state index in [0.29, 0.717) is 12.1 Å². The summed E-state index contributed by atoms with van der Waals surface area (Å²) in [7, 11) is 0. The van der Waals surface area contributed by atoms with E-state index in [2.05, 4.69) is 21.2 Å². The van der Waals surface area contributed by atoms with E-state index in [1.165, 1.54) is 0 Å². The summed E-state index contributed by atoms with van der Waals surface area (Å²) in [4.78, 5) is 11.1. The summed E-state index contributed by atoms with van der Waals surface area (Å²) in [5.41, 5.74) is 0.315. The summed E-state index contributed by atoms with van der Waals surface area (Å²) in [5.74, 6) is 0.256. The van der Waals surface area contributed by atoms with Gasteiger partial charge < -0.3 is 10.1 Å². The Labute approximate surface area is 96.0 Å². The van der Waals surface area contributed by atoms with Gasteiger partial charge in [0.05, 0.1) is 5.56 Å². The summed E-state index contributed by atoms with van der Waals surface area (Å²) in [6.07, 6.45) is -0.559. The molecule has 0 aliphatic heterocycles. The molecule has 0 saturated heterocycles. The second kappa shape index (κ2) is 5.37. The van der Waals surface area contributed by atoms with Crippen molar-refractivity contribution < 1.29 is 9.53 Å². The van der Waals surface area contributed by atoms with Crippen molar-refractivity contribution in [1.29, 1.82) is 5.26 Å². The van der Waals surface area contributed by atoms with Crippen LogP contribution in [0.15, 0.2) is 22.7 Å². The third kappa shape index (κ3) is 3.26. The van der Waals surface area contributed by atoms with E-state index in [4.69, 9.17) is 10.00 Å². The Bertz CT molecular complexity index is 412. The molecular formula is C10H9BrN2O2. The molecule has 78 valence electrons. The van der Waals surface area contributed by atoms with Crippen molar-refractivity contribution in [3.63, 3.8) is 0 Å². The molecule has 0 aliphatic rings. The SMILES string of the molecule is CCNC(=O)Oc1ccc(Br)cc1C#N. The van der Waals surface area contributed by atoms with Crippen LogP contribution in [0.2, 0.25) is 0 Å². The molecule has 0 fully saturated rings. The number of carbonyl (C=O) groups is 1. The van der Waals surface area contributed by atoms with Gasteiger partial charge in [-0.05, 0) is 25.1 Å². The Morgan fingerprint density at radius 2 is 2.40 bits per heavy atom. The van der Waals surface area contributed by atoms with Crippen molar-refractivity contribution in [2.45, 2.75) is 6.92 Å². The van der Waals surface area contributed by atoms with Gasteiger partial charge in [0.15, 0.2) is 5.75 Å². The Kier molecular flexibility index (Phi) is 4.13. The third-order valence-electron chi connectivity index (χ3n) is 1.59. The van der Waals surface area contributed by atoms with Crippen LogP contribution in [0.4, 0.5) is 4.79 Å². The van der Waals surface area contributed by atoms with E-state index in [0.717, 1.165) is 4.47 Å². The number of rotatable bonds is 2. The number of hydrogen-bond donors (Lipinski definition) is 1. The molecule has 0 aromatic heterocycles. The average molecular weight is 269 g/mol. The van der Waals surface area contributed by atoms with Gasteiger partial charge in [-0.15, -0.1) is 0 Å². The molecule has 0 saturated carbocycles. The second-order valence-electron chi connectivity index (χ2n) is 2.67. The number of nitriles is 1. The standard InChI is InChI=1S/C10H9BrN2O2/c1-2-13-10(14)15-9-4-3-8(11)5-7(9)6-12/h3-5H,2H2,1H3,(H,13,14). The Balaban J connectivity index is 2.86. The zero-order valence-electron chi connectivity index (χ0n) is 8.08. The van der Waals surface area contributed by atoms with Crippen LogP contribution < -0.4 is 10.1 Å². The number of amides is 1. The van der Waals surface area contributed by atoms with Crippen LogP contribution in [0.3, 0.4) is 0 Å². The lowest BCUT2D eigenvalue weighted by atomic mass is 10.2. The van der Waals surface area contributed by atoms with Crippen LogP contribution >= 0.6 is 15.9 Å². The number of nitrogens with zero attached hydrogens (tertiary/aromatic N) is 1. The fourth-order valence-corrected chi connectivity index (χ4v) is 1.32. The predicted molar refractivity (Wildman–Crippen MR) is 58.6 cm³/mol. The summed E-state index contributed by atoms with van der Waals surface area (Å²) in [6, 6.07) is 6.81. The molecule has 0 aliphatic carbocycles. The van der Waals surface area contributed by atoms with E-state index in [-0.39, 0.29) is 5.75 Å². The van der Waals surface area contributed by atoms with Crippen LogP contribution in [0.1, 0.15) is 12.5 Å². The van der Waals surface area contributed by atoms with E-state index in [1.54, 1.807) is 25.1 Å². The summed E-state index contributed by atoms with van der Waals surface area (Å²) >= 11 is 3.23. The van der Waals surface area contributed by atoms with Gasteiger partial charge in [0.2, 0.25) is 0 Å². The molecule has 1 N–H and O–H groups in total. The average Bonchev–Trinajstić information content (AvgIpc) is 2.21. The molecule has 1 aromatic carbocycles. The smallest absolute Gasteiger partial charge is 0.409 e. The normalized spacial score (nSPS) is 9.13. The summed E-state index contributed by atoms with van der Waals surface area (Å²) < 4.78 is 5.70.